The summed E-state index contributed by atoms with van der Waals surface area (Å²) in [6.07, 6.45) is 1.26. The van der Waals surface area contributed by atoms with Crippen LogP contribution in [0.1, 0.15) is 37.0 Å². The lowest BCUT2D eigenvalue weighted by Crippen LogP contribution is -2.54. The van der Waals surface area contributed by atoms with E-state index < -0.39 is 0 Å². The van der Waals surface area contributed by atoms with Gasteiger partial charge in [-0.05, 0) is 30.0 Å². The number of piperidine rings is 1. The number of rotatable bonds is 1. The fourth-order valence-corrected chi connectivity index (χ4v) is 3.43. The summed E-state index contributed by atoms with van der Waals surface area (Å²) in [5.41, 5.74) is 8.33. The van der Waals surface area contributed by atoms with Gasteiger partial charge >= 0.3 is 0 Å². The molecule has 1 saturated heterocycles. The third kappa shape index (κ3) is 3.11. The van der Waals surface area contributed by atoms with Crippen molar-refractivity contribution < 1.29 is 9.59 Å². The number of nitrogens with one attached hydrogen (secondary N) is 1. The molecule has 1 atom stereocenters. The highest BCUT2D eigenvalue weighted by molar-refractivity contribution is 6.01. The Bertz CT molecular complexity index is 671. The van der Waals surface area contributed by atoms with Crippen molar-refractivity contribution in [2.24, 2.45) is 11.1 Å². The Morgan fingerprint density at radius 3 is 2.79 bits per heavy atom. The van der Waals surface area contributed by atoms with Crippen LogP contribution in [0.15, 0.2) is 18.2 Å². The van der Waals surface area contributed by atoms with Crippen LogP contribution in [0.25, 0.3) is 0 Å². The highest BCUT2D eigenvalue weighted by atomic mass is 16.2. The zero-order valence-electron chi connectivity index (χ0n) is 14.6. The van der Waals surface area contributed by atoms with Crippen molar-refractivity contribution in [1.82, 2.24) is 4.90 Å². The molecule has 3 rings (SSSR count). The Hall–Kier alpha value is -2.08. The minimum atomic E-state index is -0.0893. The highest BCUT2D eigenvalue weighted by Crippen LogP contribution is 2.31. The average Bonchev–Trinajstić information content (AvgIpc) is 2.67. The quantitative estimate of drug-likeness (QED) is 0.821. The molecule has 0 spiro atoms. The Morgan fingerprint density at radius 2 is 2.08 bits per heavy atom. The third-order valence-electron chi connectivity index (χ3n) is 5.20. The van der Waals surface area contributed by atoms with Crippen molar-refractivity contribution in [3.05, 3.63) is 23.8 Å². The summed E-state index contributed by atoms with van der Waals surface area (Å²) in [5, 5.41) is 2.90. The zero-order chi connectivity index (χ0) is 17.5. The van der Waals surface area contributed by atoms with Crippen molar-refractivity contribution >= 4 is 23.2 Å². The number of carbonyl (C=O) groups excluding carboxylic acids is 2. The lowest BCUT2D eigenvalue weighted by molar-refractivity contribution is -0.115. The molecule has 0 aliphatic carbocycles. The maximum absolute atomic E-state index is 12.9. The average molecular weight is 330 g/mol. The third-order valence-corrected chi connectivity index (χ3v) is 5.20. The van der Waals surface area contributed by atoms with Crippen LogP contribution in [-0.2, 0) is 4.79 Å². The van der Waals surface area contributed by atoms with Gasteiger partial charge < -0.3 is 20.9 Å². The second-order valence-corrected chi connectivity index (χ2v) is 7.56. The van der Waals surface area contributed by atoms with Gasteiger partial charge in [-0.2, -0.15) is 0 Å². The molecule has 6 nitrogen and oxygen atoms in total. The van der Waals surface area contributed by atoms with Gasteiger partial charge in [0.1, 0.15) is 0 Å². The van der Waals surface area contributed by atoms with Crippen LogP contribution in [0, 0.1) is 5.41 Å². The number of carbonyl (C=O) groups is 2. The molecule has 0 saturated carbocycles. The number of hydrogen-bond acceptors (Lipinski definition) is 4. The van der Waals surface area contributed by atoms with E-state index in [9.17, 15) is 9.59 Å². The molecule has 2 aliphatic rings. The number of nitrogens with zero attached hydrogens (tertiary/aromatic N) is 2. The number of anilines is 2. The van der Waals surface area contributed by atoms with Gasteiger partial charge in [0.15, 0.2) is 0 Å². The van der Waals surface area contributed by atoms with Crippen LogP contribution in [-0.4, -0.2) is 49.4 Å². The molecule has 0 aromatic heterocycles. The van der Waals surface area contributed by atoms with E-state index in [4.69, 9.17) is 5.73 Å². The van der Waals surface area contributed by atoms with Gasteiger partial charge in [-0.3, -0.25) is 9.59 Å². The number of amides is 2. The molecule has 1 aromatic rings. The molecule has 2 amide bonds. The minimum absolute atomic E-state index is 0.000996. The second kappa shape index (κ2) is 6.09. The van der Waals surface area contributed by atoms with Gasteiger partial charge in [-0.15, -0.1) is 0 Å². The Labute approximate surface area is 143 Å². The van der Waals surface area contributed by atoms with Crippen LogP contribution in [0.4, 0.5) is 11.4 Å². The van der Waals surface area contributed by atoms with E-state index in [0.29, 0.717) is 37.3 Å². The normalized spacial score (nSPS) is 23.3. The van der Waals surface area contributed by atoms with Crippen molar-refractivity contribution in [1.29, 1.82) is 0 Å². The standard InChI is InChI=1S/C18H26N4O2/c1-18(2)11-22(9-6-15(18)19)17(24)12-4-5-14-13(10-12)20-16(23)7-8-21(14)3/h4-5,10,15H,6-9,11,19H2,1-3H3,(H,20,23). The number of nitrogens with two attached hydrogens (primary N) is 1. The summed E-state index contributed by atoms with van der Waals surface area (Å²) in [5.74, 6) is -0.0193. The molecule has 1 unspecified atom stereocenters. The molecule has 6 heteroatoms. The summed E-state index contributed by atoms with van der Waals surface area (Å²) in [6.45, 7) is 6.19. The first-order valence-electron chi connectivity index (χ1n) is 8.48. The van der Waals surface area contributed by atoms with E-state index in [1.807, 2.05) is 29.0 Å². The van der Waals surface area contributed by atoms with Crippen molar-refractivity contribution in [2.75, 3.05) is 36.9 Å². The first-order chi connectivity index (χ1) is 11.3. The maximum Gasteiger partial charge on any atom is 0.253 e. The smallest absolute Gasteiger partial charge is 0.253 e. The monoisotopic (exact) mass is 330 g/mol. The maximum atomic E-state index is 12.9. The zero-order valence-corrected chi connectivity index (χ0v) is 14.6. The van der Waals surface area contributed by atoms with Crippen molar-refractivity contribution in [2.45, 2.75) is 32.7 Å². The van der Waals surface area contributed by atoms with E-state index in [2.05, 4.69) is 19.2 Å². The first kappa shape index (κ1) is 16.8. The van der Waals surface area contributed by atoms with Crippen LogP contribution < -0.4 is 16.0 Å². The molecule has 24 heavy (non-hydrogen) atoms. The van der Waals surface area contributed by atoms with Gasteiger partial charge in [0.2, 0.25) is 5.91 Å². The minimum Gasteiger partial charge on any atom is -0.372 e. The van der Waals surface area contributed by atoms with Crippen molar-refractivity contribution in [3.8, 4) is 0 Å². The predicted molar refractivity (Wildman–Crippen MR) is 95.2 cm³/mol. The Kier molecular flexibility index (Phi) is 4.25. The number of benzene rings is 1. The molecular formula is C18H26N4O2. The summed E-state index contributed by atoms with van der Waals surface area (Å²) in [6, 6.07) is 5.66. The number of fused-ring (bicyclic) bond motifs is 1. The molecule has 1 fully saturated rings. The molecule has 130 valence electrons. The van der Waals surface area contributed by atoms with Gasteiger partial charge in [0, 0.05) is 44.7 Å². The van der Waals surface area contributed by atoms with E-state index in [1.165, 1.54) is 0 Å². The van der Waals surface area contributed by atoms with Crippen LogP contribution in [0.5, 0.6) is 0 Å². The summed E-state index contributed by atoms with van der Waals surface area (Å²) >= 11 is 0. The van der Waals surface area contributed by atoms with Crippen LogP contribution >= 0.6 is 0 Å². The molecule has 0 radical (unpaired) electrons. The lowest BCUT2D eigenvalue weighted by Gasteiger charge is -2.42. The topological polar surface area (TPSA) is 78.7 Å². The van der Waals surface area contributed by atoms with Crippen molar-refractivity contribution in [3.63, 3.8) is 0 Å². The van der Waals surface area contributed by atoms with Crippen LogP contribution in [0.2, 0.25) is 0 Å². The fourth-order valence-electron chi connectivity index (χ4n) is 3.43. The van der Waals surface area contributed by atoms with Gasteiger partial charge in [-0.1, -0.05) is 13.8 Å². The van der Waals surface area contributed by atoms with E-state index >= 15 is 0 Å². The van der Waals surface area contributed by atoms with E-state index in [0.717, 1.165) is 12.1 Å². The molecule has 2 aliphatic heterocycles. The molecule has 0 bridgehead atoms. The summed E-state index contributed by atoms with van der Waals surface area (Å²) in [4.78, 5) is 28.6. The molecule has 2 heterocycles. The second-order valence-electron chi connectivity index (χ2n) is 7.56. The van der Waals surface area contributed by atoms with Gasteiger partial charge in [0.25, 0.3) is 5.91 Å². The van der Waals surface area contributed by atoms with E-state index in [1.54, 1.807) is 6.07 Å². The summed E-state index contributed by atoms with van der Waals surface area (Å²) in [7, 11) is 1.95. The largest absolute Gasteiger partial charge is 0.372 e. The van der Waals surface area contributed by atoms with Gasteiger partial charge in [0.05, 0.1) is 11.4 Å². The summed E-state index contributed by atoms with van der Waals surface area (Å²) < 4.78 is 0. The fraction of sp³-hybridized carbons (Fsp3) is 0.556. The Balaban J connectivity index is 1.85. The molecule has 3 N–H and O–H groups in total. The predicted octanol–water partition coefficient (Wildman–Crippen LogP) is 1.66. The Morgan fingerprint density at radius 1 is 1.33 bits per heavy atom. The van der Waals surface area contributed by atoms with Gasteiger partial charge in [-0.25, -0.2) is 0 Å². The van der Waals surface area contributed by atoms with E-state index in [-0.39, 0.29) is 23.3 Å². The number of hydrogen-bond donors (Lipinski definition) is 2. The molecular weight excluding hydrogens is 304 g/mol. The lowest BCUT2D eigenvalue weighted by atomic mass is 9.79. The first-order valence-corrected chi connectivity index (χ1v) is 8.48. The SMILES string of the molecule is CN1CCC(=O)Nc2cc(C(=O)N3CCC(N)C(C)(C)C3)ccc21. The van der Waals surface area contributed by atoms with Crippen LogP contribution in [0.3, 0.4) is 0 Å². The number of likely N-dealkylation sites (tertiary alicyclic amines) is 1. The highest BCUT2D eigenvalue weighted by Gasteiger charge is 2.35. The molecule has 1 aromatic carbocycles.